The molecule has 2 atom stereocenters. The zero-order valence-electron chi connectivity index (χ0n) is 6.57. The Morgan fingerprint density at radius 1 is 1.27 bits per heavy atom. The van der Waals surface area contributed by atoms with E-state index in [1.165, 1.54) is 5.70 Å². The van der Waals surface area contributed by atoms with Crippen LogP contribution in [0.25, 0.3) is 0 Å². The number of rotatable bonds is 0. The summed E-state index contributed by atoms with van der Waals surface area (Å²) in [5.41, 5.74) is 1.20. The molecule has 1 nitrogen and oxygen atoms in total. The third-order valence-electron chi connectivity index (χ3n) is 2.22. The monoisotopic (exact) mass is 145 g/mol. The molecule has 0 fully saturated rings. The van der Waals surface area contributed by atoms with Crippen LogP contribution in [0.4, 0.5) is 0 Å². The summed E-state index contributed by atoms with van der Waals surface area (Å²) in [5.74, 6) is 1.12. The van der Waals surface area contributed by atoms with Crippen LogP contribution in [-0.4, -0.2) is 6.21 Å². The Hall–Kier alpha value is -1.11. The van der Waals surface area contributed by atoms with Crippen molar-refractivity contribution in [3.63, 3.8) is 0 Å². The lowest BCUT2D eigenvalue weighted by Crippen LogP contribution is -2.13. The number of allylic oxidation sites excluding steroid dienone is 5. The van der Waals surface area contributed by atoms with E-state index in [1.807, 2.05) is 12.3 Å². The van der Waals surface area contributed by atoms with Gasteiger partial charge in [0.05, 0.1) is 0 Å². The highest BCUT2D eigenvalue weighted by atomic mass is 14.8. The lowest BCUT2D eigenvalue weighted by Gasteiger charge is -2.22. The first kappa shape index (κ1) is 6.59. The first-order valence-corrected chi connectivity index (χ1v) is 3.97. The molecule has 2 aliphatic rings. The Labute approximate surface area is 66.8 Å². The SMILES string of the molecule is CC1C=CC=C2N=CC=CC21. The second-order valence-corrected chi connectivity index (χ2v) is 3.02. The van der Waals surface area contributed by atoms with Gasteiger partial charge < -0.3 is 0 Å². The van der Waals surface area contributed by atoms with Crippen LogP contribution >= 0.6 is 0 Å². The van der Waals surface area contributed by atoms with Crippen LogP contribution in [0.5, 0.6) is 0 Å². The molecule has 0 bridgehead atoms. The van der Waals surface area contributed by atoms with Crippen molar-refractivity contribution < 1.29 is 0 Å². The summed E-state index contributed by atoms with van der Waals surface area (Å²) in [5, 5.41) is 0. The van der Waals surface area contributed by atoms with Gasteiger partial charge in [0.15, 0.2) is 0 Å². The minimum Gasteiger partial charge on any atom is -0.261 e. The number of hydrogen-bond acceptors (Lipinski definition) is 1. The van der Waals surface area contributed by atoms with Gasteiger partial charge in [-0.2, -0.15) is 0 Å². The standard InChI is InChI=1S/C10H11N/c1-8-4-2-6-10-9(8)5-3-7-11-10/h2-9H,1H3. The van der Waals surface area contributed by atoms with Crippen LogP contribution in [0.2, 0.25) is 0 Å². The summed E-state index contributed by atoms with van der Waals surface area (Å²) in [7, 11) is 0. The van der Waals surface area contributed by atoms with Gasteiger partial charge in [0.25, 0.3) is 0 Å². The molecule has 0 aromatic carbocycles. The molecule has 1 aliphatic carbocycles. The summed E-state index contributed by atoms with van der Waals surface area (Å²) in [4.78, 5) is 4.30. The molecular formula is C10H11N. The molecule has 0 N–H and O–H groups in total. The quantitative estimate of drug-likeness (QED) is 0.496. The molecular weight excluding hydrogens is 134 g/mol. The van der Waals surface area contributed by atoms with Crippen LogP contribution in [-0.2, 0) is 0 Å². The molecule has 56 valence electrons. The maximum atomic E-state index is 4.30. The van der Waals surface area contributed by atoms with Crippen molar-refractivity contribution in [2.75, 3.05) is 0 Å². The fourth-order valence-corrected chi connectivity index (χ4v) is 1.53. The van der Waals surface area contributed by atoms with Gasteiger partial charge in [0.2, 0.25) is 0 Å². The maximum absolute atomic E-state index is 4.30. The number of aliphatic imine (C=N–C) groups is 1. The first-order valence-electron chi connectivity index (χ1n) is 3.97. The zero-order chi connectivity index (χ0) is 7.68. The van der Waals surface area contributed by atoms with Gasteiger partial charge in [0, 0.05) is 17.8 Å². The van der Waals surface area contributed by atoms with E-state index in [9.17, 15) is 0 Å². The van der Waals surface area contributed by atoms with Crippen molar-refractivity contribution in [2.24, 2.45) is 16.8 Å². The van der Waals surface area contributed by atoms with Crippen LogP contribution in [0.1, 0.15) is 6.92 Å². The second kappa shape index (κ2) is 2.50. The summed E-state index contributed by atoms with van der Waals surface area (Å²) < 4.78 is 0. The number of fused-ring (bicyclic) bond motifs is 1. The van der Waals surface area contributed by atoms with Gasteiger partial charge in [-0.25, -0.2) is 0 Å². The van der Waals surface area contributed by atoms with E-state index in [2.05, 4.69) is 36.2 Å². The van der Waals surface area contributed by atoms with Gasteiger partial charge in [0.1, 0.15) is 0 Å². The van der Waals surface area contributed by atoms with Crippen LogP contribution in [0.15, 0.2) is 41.1 Å². The molecule has 0 radical (unpaired) electrons. The lowest BCUT2D eigenvalue weighted by atomic mass is 9.86. The summed E-state index contributed by atoms with van der Waals surface area (Å²) in [6.07, 6.45) is 12.5. The van der Waals surface area contributed by atoms with E-state index in [0.717, 1.165) is 0 Å². The third-order valence-corrected chi connectivity index (χ3v) is 2.22. The van der Waals surface area contributed by atoms with Crippen LogP contribution in [0.3, 0.4) is 0 Å². The van der Waals surface area contributed by atoms with Gasteiger partial charge in [-0.3, -0.25) is 4.99 Å². The zero-order valence-corrected chi connectivity index (χ0v) is 6.57. The van der Waals surface area contributed by atoms with Crippen molar-refractivity contribution in [1.82, 2.24) is 0 Å². The van der Waals surface area contributed by atoms with Gasteiger partial charge in [-0.15, -0.1) is 0 Å². The predicted octanol–water partition coefficient (Wildman–Crippen LogP) is 2.33. The molecule has 0 aromatic rings. The van der Waals surface area contributed by atoms with E-state index in [4.69, 9.17) is 0 Å². The summed E-state index contributed by atoms with van der Waals surface area (Å²) in [6.45, 7) is 2.22. The molecule has 0 saturated heterocycles. The highest BCUT2D eigenvalue weighted by Crippen LogP contribution is 2.29. The topological polar surface area (TPSA) is 12.4 Å². The lowest BCUT2D eigenvalue weighted by molar-refractivity contribution is 0.568. The van der Waals surface area contributed by atoms with Gasteiger partial charge >= 0.3 is 0 Å². The Morgan fingerprint density at radius 2 is 2.18 bits per heavy atom. The smallest absolute Gasteiger partial charge is 0.0477 e. The molecule has 0 amide bonds. The van der Waals surface area contributed by atoms with Crippen LogP contribution < -0.4 is 0 Å². The van der Waals surface area contributed by atoms with E-state index < -0.39 is 0 Å². The molecule has 0 spiro atoms. The Kier molecular flexibility index (Phi) is 1.50. The summed E-state index contributed by atoms with van der Waals surface area (Å²) in [6, 6.07) is 0. The van der Waals surface area contributed by atoms with Gasteiger partial charge in [-0.1, -0.05) is 25.2 Å². The second-order valence-electron chi connectivity index (χ2n) is 3.02. The van der Waals surface area contributed by atoms with Crippen molar-refractivity contribution in [3.8, 4) is 0 Å². The largest absolute Gasteiger partial charge is 0.261 e. The Bertz CT molecular complexity index is 269. The van der Waals surface area contributed by atoms with E-state index in [0.29, 0.717) is 11.8 Å². The minimum atomic E-state index is 0.519. The molecule has 2 rings (SSSR count). The first-order chi connectivity index (χ1) is 5.38. The molecule has 11 heavy (non-hydrogen) atoms. The summed E-state index contributed by atoms with van der Waals surface area (Å²) >= 11 is 0. The molecule has 1 aliphatic heterocycles. The van der Waals surface area contributed by atoms with E-state index in [1.54, 1.807) is 0 Å². The highest BCUT2D eigenvalue weighted by molar-refractivity contribution is 5.74. The fourth-order valence-electron chi connectivity index (χ4n) is 1.53. The Morgan fingerprint density at radius 3 is 3.00 bits per heavy atom. The Balaban J connectivity index is 2.35. The van der Waals surface area contributed by atoms with Crippen molar-refractivity contribution in [1.29, 1.82) is 0 Å². The molecule has 0 aromatic heterocycles. The van der Waals surface area contributed by atoms with Gasteiger partial charge in [-0.05, 0) is 18.1 Å². The van der Waals surface area contributed by atoms with Crippen molar-refractivity contribution >= 4 is 6.21 Å². The minimum absolute atomic E-state index is 0.519. The number of dihydropyridines is 1. The average molecular weight is 145 g/mol. The van der Waals surface area contributed by atoms with Crippen molar-refractivity contribution in [2.45, 2.75) is 6.92 Å². The number of hydrogen-bond donors (Lipinski definition) is 0. The van der Waals surface area contributed by atoms with E-state index >= 15 is 0 Å². The number of nitrogens with zero attached hydrogens (tertiary/aromatic N) is 1. The van der Waals surface area contributed by atoms with Crippen LogP contribution in [0, 0.1) is 11.8 Å². The fraction of sp³-hybridized carbons (Fsp3) is 0.300. The highest BCUT2D eigenvalue weighted by Gasteiger charge is 2.19. The average Bonchev–Trinajstić information content (AvgIpc) is 2.06. The molecule has 1 heterocycles. The molecule has 0 saturated carbocycles. The molecule has 2 unspecified atom stereocenters. The molecule has 1 heteroatoms. The van der Waals surface area contributed by atoms with E-state index in [-0.39, 0.29) is 0 Å². The predicted molar refractivity (Wildman–Crippen MR) is 47.5 cm³/mol. The maximum Gasteiger partial charge on any atom is 0.0477 e. The third kappa shape index (κ3) is 1.07. The van der Waals surface area contributed by atoms with Crippen molar-refractivity contribution in [3.05, 3.63) is 36.1 Å². The normalized spacial score (nSPS) is 33.4.